The Bertz CT molecular complexity index is 703. The smallest absolute Gasteiger partial charge is 0.337 e. The average Bonchev–Trinajstić information content (AvgIpc) is 2.53. The van der Waals surface area contributed by atoms with E-state index in [0.717, 1.165) is 11.3 Å². The summed E-state index contributed by atoms with van der Waals surface area (Å²) in [5.74, 6) is 0.330. The van der Waals surface area contributed by atoms with Gasteiger partial charge in [-0.3, -0.25) is 0 Å². The second-order valence-electron chi connectivity index (χ2n) is 4.77. The molecule has 2 N–H and O–H groups in total. The molecule has 2 aromatic rings. The van der Waals surface area contributed by atoms with Gasteiger partial charge < -0.3 is 19.9 Å². The molecule has 0 bridgehead atoms. The molecular formula is C17H18ClNO4. The number of hydrogen-bond donors (Lipinski definition) is 2. The van der Waals surface area contributed by atoms with Crippen LogP contribution < -0.4 is 14.8 Å². The van der Waals surface area contributed by atoms with Crippen LogP contribution >= 0.6 is 11.6 Å². The third-order valence-electron chi connectivity index (χ3n) is 3.22. The van der Waals surface area contributed by atoms with Crippen molar-refractivity contribution >= 4 is 23.3 Å². The number of halogens is 1. The van der Waals surface area contributed by atoms with E-state index in [4.69, 9.17) is 26.2 Å². The highest BCUT2D eigenvalue weighted by Crippen LogP contribution is 2.28. The van der Waals surface area contributed by atoms with Crippen molar-refractivity contribution in [1.82, 2.24) is 0 Å². The Balaban J connectivity index is 2.10. The highest BCUT2D eigenvalue weighted by Gasteiger charge is 2.09. The number of nitrogens with one attached hydrogen (secondary N) is 1. The summed E-state index contributed by atoms with van der Waals surface area (Å²) >= 11 is 5.95. The molecule has 2 rings (SSSR count). The zero-order valence-corrected chi connectivity index (χ0v) is 13.7. The summed E-state index contributed by atoms with van der Waals surface area (Å²) < 4.78 is 10.8. The minimum atomic E-state index is -1.04. The van der Waals surface area contributed by atoms with Gasteiger partial charge in [-0.05, 0) is 42.8 Å². The van der Waals surface area contributed by atoms with Gasteiger partial charge in [0.1, 0.15) is 0 Å². The summed E-state index contributed by atoms with van der Waals surface area (Å²) in [5, 5.41) is 12.4. The average molecular weight is 336 g/mol. The molecule has 0 atom stereocenters. The number of benzene rings is 2. The summed E-state index contributed by atoms with van der Waals surface area (Å²) in [6.07, 6.45) is 0. The number of carboxylic acid groups (broad SMARTS) is 1. The van der Waals surface area contributed by atoms with E-state index >= 15 is 0 Å². The van der Waals surface area contributed by atoms with E-state index < -0.39 is 5.97 Å². The summed E-state index contributed by atoms with van der Waals surface area (Å²) in [7, 11) is 1.60. The standard InChI is InChI=1S/C17H18ClNO4/c1-3-23-16-8-11(4-7-15(16)22-2)10-19-12-5-6-13(17(20)21)14(18)9-12/h4-9,19H,3,10H2,1-2H3,(H,20,21). The number of carbonyl (C=O) groups is 1. The van der Waals surface area contributed by atoms with Crippen LogP contribution in [0.1, 0.15) is 22.8 Å². The van der Waals surface area contributed by atoms with Crippen molar-refractivity contribution in [3.63, 3.8) is 0 Å². The molecule has 5 nitrogen and oxygen atoms in total. The summed E-state index contributed by atoms with van der Waals surface area (Å²) in [5.41, 5.74) is 1.83. The molecule has 0 fully saturated rings. The number of methoxy groups -OCH3 is 1. The van der Waals surface area contributed by atoms with Crippen molar-refractivity contribution in [3.05, 3.63) is 52.5 Å². The second-order valence-corrected chi connectivity index (χ2v) is 5.18. The SMILES string of the molecule is CCOc1cc(CNc2ccc(C(=O)O)c(Cl)c2)ccc1OC. The monoisotopic (exact) mass is 335 g/mol. The van der Waals surface area contributed by atoms with E-state index in [1.54, 1.807) is 19.2 Å². The fraction of sp³-hybridized carbons (Fsp3) is 0.235. The first-order valence-corrected chi connectivity index (χ1v) is 7.49. The number of ether oxygens (including phenoxy) is 2. The maximum absolute atomic E-state index is 10.9. The van der Waals surface area contributed by atoms with Crippen molar-refractivity contribution in [3.8, 4) is 11.5 Å². The van der Waals surface area contributed by atoms with Gasteiger partial charge in [-0.2, -0.15) is 0 Å². The Labute approximate surface area is 139 Å². The van der Waals surface area contributed by atoms with Gasteiger partial charge in [0, 0.05) is 12.2 Å². The largest absolute Gasteiger partial charge is 0.493 e. The molecule has 23 heavy (non-hydrogen) atoms. The molecule has 0 spiro atoms. The minimum absolute atomic E-state index is 0.0836. The van der Waals surface area contributed by atoms with Crippen LogP contribution in [0.5, 0.6) is 11.5 Å². The minimum Gasteiger partial charge on any atom is -0.493 e. The lowest BCUT2D eigenvalue weighted by Gasteiger charge is -2.12. The van der Waals surface area contributed by atoms with Gasteiger partial charge in [0.2, 0.25) is 0 Å². The number of rotatable bonds is 7. The second kappa shape index (κ2) is 7.74. The first kappa shape index (κ1) is 17.0. The van der Waals surface area contributed by atoms with Crippen LogP contribution in [0.3, 0.4) is 0 Å². The highest BCUT2D eigenvalue weighted by atomic mass is 35.5. The Morgan fingerprint density at radius 2 is 2.00 bits per heavy atom. The Hall–Kier alpha value is -2.40. The lowest BCUT2D eigenvalue weighted by atomic mass is 10.1. The van der Waals surface area contributed by atoms with E-state index in [1.807, 2.05) is 25.1 Å². The van der Waals surface area contributed by atoms with Gasteiger partial charge in [-0.15, -0.1) is 0 Å². The summed E-state index contributed by atoms with van der Waals surface area (Å²) in [4.78, 5) is 10.9. The van der Waals surface area contributed by atoms with Gasteiger partial charge in [0.25, 0.3) is 0 Å². The zero-order chi connectivity index (χ0) is 16.8. The molecule has 2 aromatic carbocycles. The van der Waals surface area contributed by atoms with Gasteiger partial charge in [-0.1, -0.05) is 17.7 Å². The van der Waals surface area contributed by atoms with Crippen molar-refractivity contribution in [2.24, 2.45) is 0 Å². The topological polar surface area (TPSA) is 67.8 Å². The van der Waals surface area contributed by atoms with Gasteiger partial charge >= 0.3 is 5.97 Å². The van der Waals surface area contributed by atoms with E-state index in [9.17, 15) is 4.79 Å². The molecule has 0 aromatic heterocycles. The zero-order valence-electron chi connectivity index (χ0n) is 12.9. The van der Waals surface area contributed by atoms with Crippen LogP contribution in [0.15, 0.2) is 36.4 Å². The van der Waals surface area contributed by atoms with Crippen molar-refractivity contribution in [1.29, 1.82) is 0 Å². The number of hydrogen-bond acceptors (Lipinski definition) is 4. The fourth-order valence-corrected chi connectivity index (χ4v) is 2.36. The van der Waals surface area contributed by atoms with Crippen LogP contribution in [-0.2, 0) is 6.54 Å². The molecule has 0 aliphatic rings. The van der Waals surface area contributed by atoms with E-state index in [-0.39, 0.29) is 10.6 Å². The molecule has 0 saturated heterocycles. The van der Waals surface area contributed by atoms with Crippen LogP contribution in [-0.4, -0.2) is 24.8 Å². The third kappa shape index (κ3) is 4.29. The molecule has 0 heterocycles. The van der Waals surface area contributed by atoms with Crippen molar-refractivity contribution in [2.75, 3.05) is 19.0 Å². The third-order valence-corrected chi connectivity index (χ3v) is 3.54. The summed E-state index contributed by atoms with van der Waals surface area (Å²) in [6, 6.07) is 10.4. The first-order chi connectivity index (χ1) is 11.0. The molecule has 6 heteroatoms. The lowest BCUT2D eigenvalue weighted by molar-refractivity contribution is 0.0697. The van der Waals surface area contributed by atoms with Crippen LogP contribution in [0, 0.1) is 0 Å². The van der Waals surface area contributed by atoms with Gasteiger partial charge in [0.15, 0.2) is 11.5 Å². The lowest BCUT2D eigenvalue weighted by Crippen LogP contribution is -2.03. The van der Waals surface area contributed by atoms with Crippen molar-refractivity contribution in [2.45, 2.75) is 13.5 Å². The molecule has 0 amide bonds. The molecule has 122 valence electrons. The highest BCUT2D eigenvalue weighted by molar-refractivity contribution is 6.33. The molecule has 0 saturated carbocycles. The van der Waals surface area contributed by atoms with Crippen LogP contribution in [0.4, 0.5) is 5.69 Å². The maximum Gasteiger partial charge on any atom is 0.337 e. The van der Waals surface area contributed by atoms with Crippen molar-refractivity contribution < 1.29 is 19.4 Å². The number of carboxylic acids is 1. The Kier molecular flexibility index (Phi) is 5.71. The van der Waals surface area contributed by atoms with Crippen LogP contribution in [0.25, 0.3) is 0 Å². The molecule has 0 aliphatic carbocycles. The normalized spacial score (nSPS) is 10.2. The first-order valence-electron chi connectivity index (χ1n) is 7.11. The molecule has 0 aliphatic heterocycles. The van der Waals surface area contributed by atoms with Crippen LogP contribution in [0.2, 0.25) is 5.02 Å². The van der Waals surface area contributed by atoms with Gasteiger partial charge in [-0.25, -0.2) is 4.79 Å². The molecular weight excluding hydrogens is 318 g/mol. The Morgan fingerprint density at radius 1 is 1.22 bits per heavy atom. The molecule has 0 unspecified atom stereocenters. The number of aromatic carboxylic acids is 1. The fourth-order valence-electron chi connectivity index (χ4n) is 2.10. The predicted octanol–water partition coefficient (Wildman–Crippen LogP) is 4.06. The molecule has 0 radical (unpaired) electrons. The van der Waals surface area contributed by atoms with Gasteiger partial charge in [0.05, 0.1) is 24.3 Å². The van der Waals surface area contributed by atoms with E-state index in [2.05, 4.69) is 5.32 Å². The maximum atomic E-state index is 10.9. The predicted molar refractivity (Wildman–Crippen MR) is 89.9 cm³/mol. The quantitative estimate of drug-likeness (QED) is 0.798. The van der Waals surface area contributed by atoms with E-state index in [0.29, 0.717) is 24.7 Å². The van der Waals surface area contributed by atoms with E-state index in [1.165, 1.54) is 6.07 Å². The summed E-state index contributed by atoms with van der Waals surface area (Å²) in [6.45, 7) is 3.02. The number of anilines is 1. The Morgan fingerprint density at radius 3 is 2.61 bits per heavy atom.